The second-order valence-corrected chi connectivity index (χ2v) is 4.30. The molecule has 0 spiro atoms. The summed E-state index contributed by atoms with van der Waals surface area (Å²) in [6.45, 7) is 0. The summed E-state index contributed by atoms with van der Waals surface area (Å²) in [5.74, 6) is -0.344. The van der Waals surface area contributed by atoms with Crippen LogP contribution in [-0.4, -0.2) is 16.4 Å². The molecule has 0 radical (unpaired) electrons. The third-order valence-electron chi connectivity index (χ3n) is 2.73. The van der Waals surface area contributed by atoms with E-state index in [9.17, 15) is 4.79 Å². The summed E-state index contributed by atoms with van der Waals surface area (Å²) < 4.78 is 0. The van der Waals surface area contributed by atoms with E-state index in [1.807, 2.05) is 0 Å². The van der Waals surface area contributed by atoms with Gasteiger partial charge < -0.3 is 5.32 Å². The lowest BCUT2D eigenvalue weighted by Gasteiger charge is -2.35. The van der Waals surface area contributed by atoms with Gasteiger partial charge in [-0.25, -0.2) is 0 Å². The largest absolute Gasteiger partial charge is 0.332 e. The fraction of sp³-hybridized carbons (Fsp3) is 0.364. The summed E-state index contributed by atoms with van der Waals surface area (Å²) >= 11 is 5.76. The lowest BCUT2D eigenvalue weighted by molar-refractivity contribution is 0.0876. The summed E-state index contributed by atoms with van der Waals surface area (Å²) in [4.78, 5) is 15.7. The van der Waals surface area contributed by atoms with Crippen LogP contribution in [0.4, 0.5) is 0 Å². The third kappa shape index (κ3) is 2.00. The topological polar surface area (TPSA) is 65.8 Å². The van der Waals surface area contributed by atoms with Gasteiger partial charge in [-0.1, -0.05) is 11.6 Å². The highest BCUT2D eigenvalue weighted by Gasteiger charge is 2.38. The summed E-state index contributed by atoms with van der Waals surface area (Å²) in [6.07, 6.45) is 3.85. The van der Waals surface area contributed by atoms with Crippen LogP contribution < -0.4 is 5.32 Å². The van der Waals surface area contributed by atoms with Crippen molar-refractivity contribution < 1.29 is 4.79 Å². The average Bonchev–Trinajstić information content (AvgIpc) is 2.23. The van der Waals surface area contributed by atoms with Crippen LogP contribution in [0.15, 0.2) is 18.3 Å². The van der Waals surface area contributed by atoms with E-state index >= 15 is 0 Å². The minimum absolute atomic E-state index is 0.244. The molecule has 1 aromatic heterocycles. The van der Waals surface area contributed by atoms with E-state index < -0.39 is 5.54 Å². The molecular formula is C11H10ClN3O. The molecule has 1 N–H and O–H groups in total. The van der Waals surface area contributed by atoms with Crippen molar-refractivity contribution in [3.8, 4) is 6.07 Å². The van der Waals surface area contributed by atoms with Gasteiger partial charge in [0, 0.05) is 11.2 Å². The van der Waals surface area contributed by atoms with Crippen molar-refractivity contribution in [2.45, 2.75) is 24.8 Å². The summed E-state index contributed by atoms with van der Waals surface area (Å²) in [7, 11) is 0. The summed E-state index contributed by atoms with van der Waals surface area (Å²) in [5.41, 5.74) is -0.449. The number of hydrogen-bond acceptors (Lipinski definition) is 3. The fourth-order valence-corrected chi connectivity index (χ4v) is 1.77. The molecule has 1 amide bonds. The van der Waals surface area contributed by atoms with Gasteiger partial charge in [-0.05, 0) is 31.4 Å². The molecule has 0 aliphatic heterocycles. The number of hydrogen-bond donors (Lipinski definition) is 1. The number of aromatic nitrogens is 1. The maximum Gasteiger partial charge on any atom is 0.271 e. The monoisotopic (exact) mass is 235 g/mol. The second kappa shape index (κ2) is 4.11. The van der Waals surface area contributed by atoms with Crippen LogP contribution in [0.2, 0.25) is 5.02 Å². The van der Waals surface area contributed by atoms with Crippen molar-refractivity contribution in [2.24, 2.45) is 0 Å². The van der Waals surface area contributed by atoms with Crippen molar-refractivity contribution in [2.75, 3.05) is 0 Å². The summed E-state index contributed by atoms with van der Waals surface area (Å²) in [5, 5.41) is 12.1. The molecule has 16 heavy (non-hydrogen) atoms. The van der Waals surface area contributed by atoms with Gasteiger partial charge >= 0.3 is 0 Å². The highest BCUT2D eigenvalue weighted by molar-refractivity contribution is 6.30. The Morgan fingerprint density at radius 1 is 1.62 bits per heavy atom. The van der Waals surface area contributed by atoms with Crippen LogP contribution in [-0.2, 0) is 0 Å². The van der Waals surface area contributed by atoms with Gasteiger partial charge in [0.25, 0.3) is 5.91 Å². The molecule has 0 saturated heterocycles. The molecule has 0 bridgehead atoms. The van der Waals surface area contributed by atoms with Crippen molar-refractivity contribution in [3.63, 3.8) is 0 Å². The van der Waals surface area contributed by atoms with E-state index in [-0.39, 0.29) is 11.6 Å². The minimum Gasteiger partial charge on any atom is -0.332 e. The van der Waals surface area contributed by atoms with E-state index in [2.05, 4.69) is 16.4 Å². The van der Waals surface area contributed by atoms with E-state index in [1.54, 1.807) is 6.07 Å². The zero-order valence-corrected chi connectivity index (χ0v) is 9.29. The first-order valence-electron chi connectivity index (χ1n) is 5.00. The standard InChI is InChI=1S/C11H10ClN3O/c12-8-2-5-14-9(6-8)10(16)15-11(7-13)3-1-4-11/h2,5-6H,1,3-4H2,(H,15,16). The highest BCUT2D eigenvalue weighted by Crippen LogP contribution is 2.31. The van der Waals surface area contributed by atoms with Crippen LogP contribution in [0.25, 0.3) is 0 Å². The molecule has 1 aliphatic rings. The minimum atomic E-state index is -0.693. The SMILES string of the molecule is N#CC1(NC(=O)c2cc(Cl)ccn2)CCC1. The number of rotatable bonds is 2. The maximum atomic E-state index is 11.8. The molecule has 1 saturated carbocycles. The van der Waals surface area contributed by atoms with Crippen LogP contribution in [0, 0.1) is 11.3 Å². The van der Waals surface area contributed by atoms with Crippen LogP contribution >= 0.6 is 11.6 Å². The van der Waals surface area contributed by atoms with Gasteiger partial charge in [-0.2, -0.15) is 5.26 Å². The Bertz CT molecular complexity index is 463. The number of nitrogens with zero attached hydrogens (tertiary/aromatic N) is 2. The quantitative estimate of drug-likeness (QED) is 0.852. The molecule has 0 unspecified atom stereocenters. The molecule has 0 aromatic carbocycles. The molecule has 1 aromatic rings. The predicted octanol–water partition coefficient (Wildman–Crippen LogP) is 1.91. The fourth-order valence-electron chi connectivity index (χ4n) is 1.61. The molecule has 2 rings (SSSR count). The Morgan fingerprint density at radius 3 is 2.88 bits per heavy atom. The van der Waals surface area contributed by atoms with Gasteiger partial charge in [0.2, 0.25) is 0 Å². The first kappa shape index (κ1) is 10.9. The number of carbonyl (C=O) groups excluding carboxylic acids is 1. The van der Waals surface area contributed by atoms with Crippen LogP contribution in [0.5, 0.6) is 0 Å². The molecule has 4 nitrogen and oxygen atoms in total. The molecule has 0 atom stereocenters. The molecule has 82 valence electrons. The molecule has 1 fully saturated rings. The molecule has 1 heterocycles. The lowest BCUT2D eigenvalue weighted by Crippen LogP contribution is -2.52. The molecule has 1 aliphatic carbocycles. The van der Waals surface area contributed by atoms with Crippen molar-refractivity contribution in [1.82, 2.24) is 10.3 Å². The number of amides is 1. The molecule has 5 heteroatoms. The van der Waals surface area contributed by atoms with E-state index in [0.29, 0.717) is 17.9 Å². The predicted molar refractivity (Wildman–Crippen MR) is 58.9 cm³/mol. The zero-order chi connectivity index (χ0) is 11.6. The number of carbonyl (C=O) groups is 1. The Hall–Kier alpha value is -1.60. The van der Waals surface area contributed by atoms with Crippen molar-refractivity contribution in [3.05, 3.63) is 29.0 Å². The van der Waals surface area contributed by atoms with Crippen molar-refractivity contribution in [1.29, 1.82) is 5.26 Å². The van der Waals surface area contributed by atoms with Gasteiger partial charge in [-0.3, -0.25) is 9.78 Å². The molecular weight excluding hydrogens is 226 g/mol. The van der Waals surface area contributed by atoms with Gasteiger partial charge in [-0.15, -0.1) is 0 Å². The van der Waals surface area contributed by atoms with Crippen molar-refractivity contribution >= 4 is 17.5 Å². The van der Waals surface area contributed by atoms with E-state index in [1.165, 1.54) is 12.3 Å². The Labute approximate surface area is 98.2 Å². The Kier molecular flexibility index (Phi) is 2.80. The third-order valence-corrected chi connectivity index (χ3v) is 2.96. The lowest BCUT2D eigenvalue weighted by atomic mass is 9.78. The van der Waals surface area contributed by atoms with Crippen LogP contribution in [0.3, 0.4) is 0 Å². The average molecular weight is 236 g/mol. The van der Waals surface area contributed by atoms with E-state index in [0.717, 1.165) is 6.42 Å². The smallest absolute Gasteiger partial charge is 0.271 e. The first-order valence-corrected chi connectivity index (χ1v) is 5.38. The zero-order valence-electron chi connectivity index (χ0n) is 8.53. The van der Waals surface area contributed by atoms with Gasteiger partial charge in [0.05, 0.1) is 6.07 Å². The number of pyridine rings is 1. The maximum absolute atomic E-state index is 11.8. The highest BCUT2D eigenvalue weighted by atomic mass is 35.5. The number of nitrogens with one attached hydrogen (secondary N) is 1. The summed E-state index contributed by atoms with van der Waals surface area (Å²) in [6, 6.07) is 5.22. The van der Waals surface area contributed by atoms with Gasteiger partial charge in [0.15, 0.2) is 0 Å². The van der Waals surface area contributed by atoms with Gasteiger partial charge in [0.1, 0.15) is 11.2 Å². The Balaban J connectivity index is 2.12. The van der Waals surface area contributed by atoms with E-state index in [4.69, 9.17) is 16.9 Å². The Morgan fingerprint density at radius 2 is 2.38 bits per heavy atom. The second-order valence-electron chi connectivity index (χ2n) is 3.86. The van der Waals surface area contributed by atoms with Crippen LogP contribution in [0.1, 0.15) is 29.8 Å². The first-order chi connectivity index (χ1) is 7.65. The number of nitriles is 1. The normalized spacial score (nSPS) is 17.0. The number of halogens is 1.